The zero-order chi connectivity index (χ0) is 23.1. The lowest BCUT2D eigenvalue weighted by molar-refractivity contribution is 0.0871. The van der Waals surface area contributed by atoms with Gasteiger partial charge >= 0.3 is 6.09 Å². The monoisotopic (exact) mass is 442 g/mol. The second-order valence-corrected chi connectivity index (χ2v) is 8.59. The van der Waals surface area contributed by atoms with E-state index in [2.05, 4.69) is 19.2 Å². The van der Waals surface area contributed by atoms with Crippen molar-refractivity contribution in [2.24, 2.45) is 11.8 Å². The van der Waals surface area contributed by atoms with Gasteiger partial charge in [-0.25, -0.2) is 9.18 Å². The fourth-order valence-electron chi connectivity index (χ4n) is 4.04. The first kappa shape index (κ1) is 23.6. The molecule has 2 aromatic carbocycles. The molecule has 2 aromatic rings. The Morgan fingerprint density at radius 1 is 1.09 bits per heavy atom. The molecular formula is C25H31FN2O4. The summed E-state index contributed by atoms with van der Waals surface area (Å²) in [5.41, 5.74) is 0.444. The Kier molecular flexibility index (Phi) is 8.09. The molecule has 0 saturated carbocycles. The molecule has 3 rings (SSSR count). The Balaban J connectivity index is 1.57. The maximum absolute atomic E-state index is 13.2. The second kappa shape index (κ2) is 11.0. The van der Waals surface area contributed by atoms with Crippen LogP contribution in [0.5, 0.6) is 11.5 Å². The topological polar surface area (TPSA) is 67.9 Å². The molecule has 6 nitrogen and oxygen atoms in total. The van der Waals surface area contributed by atoms with Gasteiger partial charge in [0.15, 0.2) is 0 Å². The van der Waals surface area contributed by atoms with Gasteiger partial charge in [0, 0.05) is 30.8 Å². The number of carbonyl (C=O) groups is 2. The lowest BCUT2D eigenvalue weighted by Gasteiger charge is -2.36. The first-order chi connectivity index (χ1) is 15.4. The predicted molar refractivity (Wildman–Crippen MR) is 120 cm³/mol. The second-order valence-electron chi connectivity index (χ2n) is 8.59. The minimum atomic E-state index is -0.382. The van der Waals surface area contributed by atoms with Crippen molar-refractivity contribution in [1.29, 1.82) is 0 Å². The average Bonchev–Trinajstić information content (AvgIpc) is 2.79. The van der Waals surface area contributed by atoms with Crippen molar-refractivity contribution >= 4 is 12.0 Å². The molecule has 0 radical (unpaired) electrons. The van der Waals surface area contributed by atoms with Crippen molar-refractivity contribution in [2.75, 3.05) is 20.2 Å². The maximum Gasteiger partial charge on any atom is 0.415 e. The lowest BCUT2D eigenvalue weighted by Crippen LogP contribution is -2.47. The van der Waals surface area contributed by atoms with E-state index >= 15 is 0 Å². The Morgan fingerprint density at radius 2 is 1.75 bits per heavy atom. The largest absolute Gasteiger partial charge is 0.497 e. The summed E-state index contributed by atoms with van der Waals surface area (Å²) in [5.74, 6) is 1.17. The van der Waals surface area contributed by atoms with Crippen LogP contribution in [-0.4, -0.2) is 43.1 Å². The molecular weight excluding hydrogens is 411 g/mol. The summed E-state index contributed by atoms with van der Waals surface area (Å²) < 4.78 is 23.8. The zero-order valence-electron chi connectivity index (χ0n) is 18.8. The highest BCUT2D eigenvalue weighted by Gasteiger charge is 2.31. The first-order valence-corrected chi connectivity index (χ1v) is 11.0. The van der Waals surface area contributed by atoms with Gasteiger partial charge in [0.05, 0.1) is 7.11 Å². The average molecular weight is 443 g/mol. The van der Waals surface area contributed by atoms with Crippen LogP contribution in [0.3, 0.4) is 0 Å². The molecule has 7 heteroatoms. The summed E-state index contributed by atoms with van der Waals surface area (Å²) in [4.78, 5) is 27.0. The molecule has 32 heavy (non-hydrogen) atoms. The van der Waals surface area contributed by atoms with Crippen molar-refractivity contribution in [1.82, 2.24) is 10.2 Å². The quantitative estimate of drug-likeness (QED) is 0.663. The van der Waals surface area contributed by atoms with Crippen LogP contribution in [0.15, 0.2) is 48.5 Å². The van der Waals surface area contributed by atoms with Gasteiger partial charge in [-0.05, 0) is 67.5 Å². The number of piperidine rings is 1. The standard InChI is InChI=1S/C25H31FN2O4/c1-17(2)15-23(27-24(29)19-7-9-20(26)10-8-19)18-11-13-28(14-12-18)25(30)32-22-6-4-5-21(16-22)31-3/h4-10,16-18,23H,11-15H2,1-3H3,(H,27,29). The van der Waals surface area contributed by atoms with E-state index in [0.29, 0.717) is 36.1 Å². The molecule has 0 bridgehead atoms. The molecule has 0 aliphatic carbocycles. The fourth-order valence-corrected chi connectivity index (χ4v) is 4.04. The van der Waals surface area contributed by atoms with E-state index in [-0.39, 0.29) is 29.8 Å². The summed E-state index contributed by atoms with van der Waals surface area (Å²) in [7, 11) is 1.56. The number of ether oxygens (including phenoxy) is 2. The van der Waals surface area contributed by atoms with Crippen LogP contribution < -0.4 is 14.8 Å². The fraction of sp³-hybridized carbons (Fsp3) is 0.440. The van der Waals surface area contributed by atoms with E-state index in [1.54, 1.807) is 36.3 Å². The third-order valence-electron chi connectivity index (χ3n) is 5.76. The van der Waals surface area contributed by atoms with Gasteiger partial charge in [-0.2, -0.15) is 0 Å². The number of nitrogens with zero attached hydrogens (tertiary/aromatic N) is 1. The van der Waals surface area contributed by atoms with E-state index in [4.69, 9.17) is 9.47 Å². The van der Waals surface area contributed by atoms with E-state index in [1.807, 2.05) is 0 Å². The molecule has 1 unspecified atom stereocenters. The molecule has 0 spiro atoms. The summed E-state index contributed by atoms with van der Waals surface area (Å²) in [6.45, 7) is 5.37. The molecule has 2 amide bonds. The van der Waals surface area contributed by atoms with Crippen LogP contribution in [0.4, 0.5) is 9.18 Å². The highest BCUT2D eigenvalue weighted by atomic mass is 19.1. The number of likely N-dealkylation sites (tertiary alicyclic amines) is 1. The SMILES string of the molecule is COc1cccc(OC(=O)N2CCC(C(CC(C)C)NC(=O)c3ccc(F)cc3)CC2)c1. The molecule has 1 fully saturated rings. The molecule has 172 valence electrons. The number of rotatable bonds is 7. The van der Waals surface area contributed by atoms with Gasteiger partial charge in [0.25, 0.3) is 5.91 Å². The van der Waals surface area contributed by atoms with Gasteiger partial charge < -0.3 is 19.7 Å². The third kappa shape index (κ3) is 6.45. The molecule has 1 aliphatic heterocycles. The van der Waals surface area contributed by atoms with Gasteiger partial charge in [0.2, 0.25) is 0 Å². The number of hydrogen-bond acceptors (Lipinski definition) is 4. The zero-order valence-corrected chi connectivity index (χ0v) is 18.8. The number of carbonyl (C=O) groups excluding carboxylic acids is 2. The van der Waals surface area contributed by atoms with Crippen molar-refractivity contribution in [3.05, 3.63) is 59.9 Å². The van der Waals surface area contributed by atoms with Crippen LogP contribution in [0.1, 0.15) is 43.5 Å². The molecule has 0 aromatic heterocycles. The molecule has 1 N–H and O–H groups in total. The minimum absolute atomic E-state index is 0.0101. The summed E-state index contributed by atoms with van der Waals surface area (Å²) in [5, 5.41) is 3.14. The van der Waals surface area contributed by atoms with Crippen molar-refractivity contribution in [2.45, 2.75) is 39.2 Å². The van der Waals surface area contributed by atoms with Crippen LogP contribution in [0, 0.1) is 17.7 Å². The van der Waals surface area contributed by atoms with Gasteiger partial charge in [-0.3, -0.25) is 4.79 Å². The number of amides is 2. The van der Waals surface area contributed by atoms with Crippen LogP contribution >= 0.6 is 0 Å². The summed E-state index contributed by atoms with van der Waals surface area (Å²) >= 11 is 0. The van der Waals surface area contributed by atoms with Crippen LogP contribution in [0.25, 0.3) is 0 Å². The van der Waals surface area contributed by atoms with Crippen LogP contribution in [0.2, 0.25) is 0 Å². The Morgan fingerprint density at radius 3 is 2.38 bits per heavy atom. The van der Waals surface area contributed by atoms with Crippen LogP contribution in [-0.2, 0) is 0 Å². The predicted octanol–water partition coefficient (Wildman–Crippen LogP) is 4.89. The maximum atomic E-state index is 13.2. The Labute approximate surface area is 188 Å². The highest BCUT2D eigenvalue weighted by Crippen LogP contribution is 2.26. The van der Waals surface area contributed by atoms with E-state index < -0.39 is 0 Å². The molecule has 1 saturated heterocycles. The highest BCUT2D eigenvalue weighted by molar-refractivity contribution is 5.94. The first-order valence-electron chi connectivity index (χ1n) is 11.0. The van der Waals surface area contributed by atoms with Crippen molar-refractivity contribution in [3.8, 4) is 11.5 Å². The lowest BCUT2D eigenvalue weighted by atomic mass is 9.85. The summed E-state index contributed by atoms with van der Waals surface area (Å²) in [6.07, 6.45) is 2.00. The number of methoxy groups -OCH3 is 1. The Bertz CT molecular complexity index is 908. The molecule has 1 heterocycles. The number of nitrogens with one attached hydrogen (secondary N) is 1. The number of benzene rings is 2. The van der Waals surface area contributed by atoms with E-state index in [0.717, 1.165) is 19.3 Å². The van der Waals surface area contributed by atoms with E-state index in [1.165, 1.54) is 24.3 Å². The number of halogens is 1. The van der Waals surface area contributed by atoms with Crippen molar-refractivity contribution in [3.63, 3.8) is 0 Å². The Hall–Kier alpha value is -3.09. The smallest absolute Gasteiger partial charge is 0.415 e. The van der Waals surface area contributed by atoms with Gasteiger partial charge in [0.1, 0.15) is 17.3 Å². The van der Waals surface area contributed by atoms with Gasteiger partial charge in [-0.1, -0.05) is 19.9 Å². The van der Waals surface area contributed by atoms with E-state index in [9.17, 15) is 14.0 Å². The normalized spacial score (nSPS) is 15.3. The molecule has 1 atom stereocenters. The molecule has 1 aliphatic rings. The van der Waals surface area contributed by atoms with Gasteiger partial charge in [-0.15, -0.1) is 0 Å². The number of hydrogen-bond donors (Lipinski definition) is 1. The third-order valence-corrected chi connectivity index (χ3v) is 5.76. The minimum Gasteiger partial charge on any atom is -0.497 e. The van der Waals surface area contributed by atoms with Crippen molar-refractivity contribution < 1.29 is 23.5 Å². The summed E-state index contributed by atoms with van der Waals surface area (Å²) in [6, 6.07) is 12.5.